The molecule has 2 aromatic rings. The number of carbonyl (C=O) groups is 1. The molecule has 0 spiro atoms. The summed E-state index contributed by atoms with van der Waals surface area (Å²) in [6.45, 7) is 7.06. The Kier molecular flexibility index (Phi) is 5.03. The fourth-order valence-corrected chi connectivity index (χ4v) is 3.75. The molecule has 140 valence electrons. The van der Waals surface area contributed by atoms with E-state index in [1.54, 1.807) is 4.52 Å². The molecule has 2 aromatic heterocycles. The molecule has 8 heteroatoms. The van der Waals surface area contributed by atoms with Crippen molar-refractivity contribution in [2.75, 3.05) is 44.6 Å². The van der Waals surface area contributed by atoms with Gasteiger partial charge in [-0.1, -0.05) is 0 Å². The summed E-state index contributed by atoms with van der Waals surface area (Å²) in [5.41, 5.74) is 1.34. The number of hydrogen-bond donors (Lipinski definition) is 1. The van der Waals surface area contributed by atoms with Gasteiger partial charge in [-0.05, 0) is 51.4 Å². The van der Waals surface area contributed by atoms with Crippen LogP contribution < -0.4 is 5.32 Å². The van der Waals surface area contributed by atoms with Gasteiger partial charge in [0.05, 0.1) is 11.8 Å². The summed E-state index contributed by atoms with van der Waals surface area (Å²) >= 11 is 0. The summed E-state index contributed by atoms with van der Waals surface area (Å²) < 4.78 is 7.67. The van der Waals surface area contributed by atoms with Crippen molar-refractivity contribution in [1.29, 1.82) is 0 Å². The Hall–Kier alpha value is -2.19. The van der Waals surface area contributed by atoms with Crippen LogP contribution in [0.25, 0.3) is 5.65 Å². The van der Waals surface area contributed by atoms with Crippen molar-refractivity contribution in [3.63, 3.8) is 0 Å². The fourth-order valence-electron chi connectivity index (χ4n) is 3.75. The van der Waals surface area contributed by atoms with Crippen LogP contribution in [0.15, 0.2) is 18.3 Å². The third kappa shape index (κ3) is 3.81. The predicted molar refractivity (Wildman–Crippen MR) is 98.3 cm³/mol. The van der Waals surface area contributed by atoms with E-state index in [1.165, 1.54) is 12.8 Å². The molecule has 0 radical (unpaired) electrons. The number of rotatable bonds is 3. The summed E-state index contributed by atoms with van der Waals surface area (Å²) in [6, 6.07) is 3.62. The van der Waals surface area contributed by atoms with Crippen LogP contribution in [0.4, 0.5) is 10.5 Å². The lowest BCUT2D eigenvalue weighted by Gasteiger charge is -2.27. The van der Waals surface area contributed by atoms with E-state index in [0.717, 1.165) is 26.1 Å². The standard InChI is InChI=1S/C18H26N6O2/c1-14-19-17-16(6-4-10-24(17)21-14)20-18(25)23-9-5-11-26-15(13-23)12-22-7-2-3-8-22/h4,6,10,15H,2-3,5,7-9,11-13H2,1H3,(H,20,25)/t15-/m0/s1. The number of anilines is 1. The fraction of sp³-hybridized carbons (Fsp3) is 0.611. The Labute approximate surface area is 153 Å². The number of pyridine rings is 1. The van der Waals surface area contributed by atoms with Gasteiger partial charge in [0, 0.05) is 32.4 Å². The minimum Gasteiger partial charge on any atom is -0.375 e. The van der Waals surface area contributed by atoms with Gasteiger partial charge in [0.1, 0.15) is 5.82 Å². The van der Waals surface area contributed by atoms with E-state index in [9.17, 15) is 4.79 Å². The number of hydrogen-bond acceptors (Lipinski definition) is 5. The summed E-state index contributed by atoms with van der Waals surface area (Å²) in [5.74, 6) is 0.681. The average Bonchev–Trinajstić information content (AvgIpc) is 3.19. The molecule has 8 nitrogen and oxygen atoms in total. The van der Waals surface area contributed by atoms with Crippen molar-refractivity contribution in [3.05, 3.63) is 24.2 Å². The van der Waals surface area contributed by atoms with Gasteiger partial charge in [-0.2, -0.15) is 5.10 Å². The Morgan fingerprint density at radius 3 is 3.00 bits per heavy atom. The maximum Gasteiger partial charge on any atom is 0.322 e. The number of likely N-dealkylation sites (tertiary alicyclic amines) is 1. The Bertz CT molecular complexity index is 770. The van der Waals surface area contributed by atoms with E-state index < -0.39 is 0 Å². The second-order valence-corrected chi connectivity index (χ2v) is 7.08. The van der Waals surface area contributed by atoms with Crippen molar-refractivity contribution in [3.8, 4) is 0 Å². The molecular formula is C18H26N6O2. The number of nitrogens with one attached hydrogen (secondary N) is 1. The second kappa shape index (κ2) is 7.59. The number of carbonyl (C=O) groups excluding carboxylic acids is 1. The molecule has 1 N–H and O–H groups in total. The van der Waals surface area contributed by atoms with Crippen molar-refractivity contribution in [2.45, 2.75) is 32.3 Å². The minimum atomic E-state index is -0.101. The third-order valence-electron chi connectivity index (χ3n) is 5.01. The number of urea groups is 1. The molecule has 4 heterocycles. The van der Waals surface area contributed by atoms with E-state index in [0.29, 0.717) is 36.9 Å². The molecule has 2 fully saturated rings. The van der Waals surface area contributed by atoms with Gasteiger partial charge in [0.2, 0.25) is 0 Å². The van der Waals surface area contributed by atoms with Gasteiger partial charge in [0.15, 0.2) is 5.65 Å². The number of aryl methyl sites for hydroxylation is 1. The number of fused-ring (bicyclic) bond motifs is 1. The van der Waals surface area contributed by atoms with Crippen molar-refractivity contribution >= 4 is 17.4 Å². The van der Waals surface area contributed by atoms with Crippen LogP contribution in [0.3, 0.4) is 0 Å². The van der Waals surface area contributed by atoms with Crippen LogP contribution in [-0.2, 0) is 4.74 Å². The molecule has 0 saturated carbocycles. The molecule has 0 unspecified atom stereocenters. The van der Waals surface area contributed by atoms with Crippen LogP contribution in [0, 0.1) is 6.92 Å². The Morgan fingerprint density at radius 1 is 1.31 bits per heavy atom. The van der Waals surface area contributed by atoms with Crippen LogP contribution in [-0.4, -0.2) is 75.9 Å². The molecule has 4 rings (SSSR count). The van der Waals surface area contributed by atoms with Crippen molar-refractivity contribution in [2.24, 2.45) is 0 Å². The highest BCUT2D eigenvalue weighted by Crippen LogP contribution is 2.17. The molecular weight excluding hydrogens is 332 g/mol. The minimum absolute atomic E-state index is 0.0764. The van der Waals surface area contributed by atoms with Gasteiger partial charge in [-0.3, -0.25) is 0 Å². The molecule has 2 aliphatic rings. The highest BCUT2D eigenvalue weighted by atomic mass is 16.5. The molecule has 26 heavy (non-hydrogen) atoms. The van der Waals surface area contributed by atoms with Crippen molar-refractivity contribution in [1.82, 2.24) is 24.4 Å². The zero-order valence-electron chi connectivity index (χ0n) is 15.2. The first-order valence-corrected chi connectivity index (χ1v) is 9.41. The number of nitrogens with zero attached hydrogens (tertiary/aromatic N) is 5. The lowest BCUT2D eigenvalue weighted by molar-refractivity contribution is 0.0355. The Balaban J connectivity index is 1.43. The first-order valence-electron chi connectivity index (χ1n) is 9.41. The van der Waals surface area contributed by atoms with E-state index >= 15 is 0 Å². The average molecular weight is 358 g/mol. The van der Waals surface area contributed by atoms with Gasteiger partial charge in [-0.25, -0.2) is 14.3 Å². The highest BCUT2D eigenvalue weighted by molar-refractivity contribution is 5.93. The van der Waals surface area contributed by atoms with E-state index in [4.69, 9.17) is 4.74 Å². The molecule has 0 aliphatic carbocycles. The van der Waals surface area contributed by atoms with Crippen molar-refractivity contribution < 1.29 is 9.53 Å². The van der Waals surface area contributed by atoms with E-state index in [-0.39, 0.29) is 12.1 Å². The van der Waals surface area contributed by atoms with Gasteiger partial charge < -0.3 is 19.9 Å². The van der Waals surface area contributed by atoms with Gasteiger partial charge in [0.25, 0.3) is 0 Å². The van der Waals surface area contributed by atoms with Crippen LogP contribution in [0.2, 0.25) is 0 Å². The summed E-state index contributed by atoms with van der Waals surface area (Å²) in [6.07, 6.45) is 5.29. The maximum absolute atomic E-state index is 12.8. The smallest absolute Gasteiger partial charge is 0.322 e. The quantitative estimate of drug-likeness (QED) is 0.905. The monoisotopic (exact) mass is 358 g/mol. The molecule has 0 bridgehead atoms. The van der Waals surface area contributed by atoms with E-state index in [1.807, 2.05) is 30.2 Å². The topological polar surface area (TPSA) is 75.0 Å². The molecule has 0 aromatic carbocycles. The molecule has 2 amide bonds. The molecule has 2 aliphatic heterocycles. The normalized spacial score (nSPS) is 21.9. The molecule has 1 atom stereocenters. The lowest BCUT2D eigenvalue weighted by atomic mass is 10.3. The zero-order valence-corrected chi connectivity index (χ0v) is 15.2. The third-order valence-corrected chi connectivity index (χ3v) is 5.01. The highest BCUT2D eigenvalue weighted by Gasteiger charge is 2.25. The summed E-state index contributed by atoms with van der Waals surface area (Å²) in [7, 11) is 0. The number of amides is 2. The summed E-state index contributed by atoms with van der Waals surface area (Å²) in [5, 5.41) is 7.30. The first kappa shape index (κ1) is 17.2. The maximum atomic E-state index is 12.8. The Morgan fingerprint density at radius 2 is 2.15 bits per heavy atom. The van der Waals surface area contributed by atoms with Gasteiger partial charge >= 0.3 is 6.03 Å². The largest absolute Gasteiger partial charge is 0.375 e. The van der Waals surface area contributed by atoms with Crippen LogP contribution in [0.5, 0.6) is 0 Å². The lowest BCUT2D eigenvalue weighted by Crippen LogP contribution is -2.43. The number of ether oxygens (including phenoxy) is 1. The number of aromatic nitrogens is 3. The van der Waals surface area contributed by atoms with Gasteiger partial charge in [-0.15, -0.1) is 0 Å². The SMILES string of the molecule is Cc1nc2c(NC(=O)N3CCCO[C@@H](CN4CCCC4)C3)cccn2n1. The van der Waals surface area contributed by atoms with E-state index in [2.05, 4.69) is 20.3 Å². The molecule has 2 saturated heterocycles. The first-order chi connectivity index (χ1) is 12.7. The zero-order chi connectivity index (χ0) is 17.9. The predicted octanol–water partition coefficient (Wildman–Crippen LogP) is 1.76. The summed E-state index contributed by atoms with van der Waals surface area (Å²) in [4.78, 5) is 21.5. The van der Waals surface area contributed by atoms with Crippen LogP contribution in [0.1, 0.15) is 25.1 Å². The van der Waals surface area contributed by atoms with Crippen LogP contribution >= 0.6 is 0 Å². The second-order valence-electron chi connectivity index (χ2n) is 7.08.